The van der Waals surface area contributed by atoms with E-state index in [0.29, 0.717) is 21.8 Å². The fraction of sp³-hybridized carbons (Fsp3) is 0.130. The number of phenolic OH excluding ortho intramolecular Hbond substituents is 1. The van der Waals surface area contributed by atoms with Crippen molar-refractivity contribution in [3.05, 3.63) is 78.4 Å². The number of aromatic hydroxyl groups is 1. The molecule has 4 aromatic rings. The van der Waals surface area contributed by atoms with Gasteiger partial charge < -0.3 is 10.4 Å². The first kappa shape index (κ1) is 21.0. The van der Waals surface area contributed by atoms with Crippen LogP contribution in [0.5, 0.6) is 5.75 Å². The van der Waals surface area contributed by atoms with Crippen LogP contribution in [0.15, 0.2) is 72.8 Å². The highest BCUT2D eigenvalue weighted by Crippen LogP contribution is 2.36. The molecular weight excluding hydrogens is 432 g/mol. The number of hydrogen-bond donors (Lipinski definition) is 2. The molecule has 0 bridgehead atoms. The molecule has 0 atom stereocenters. The van der Waals surface area contributed by atoms with Gasteiger partial charge in [-0.2, -0.15) is 0 Å². The number of carbonyl (C=O) groups excluding carboxylic acids is 1. The van der Waals surface area contributed by atoms with E-state index in [1.807, 2.05) is 30.3 Å². The molecule has 0 saturated carbocycles. The van der Waals surface area contributed by atoms with Gasteiger partial charge in [0.05, 0.1) is 27.3 Å². The molecule has 1 heterocycles. The lowest BCUT2D eigenvalue weighted by molar-refractivity contribution is -0.115. The Morgan fingerprint density at radius 3 is 2.52 bits per heavy atom. The van der Waals surface area contributed by atoms with Gasteiger partial charge in [0.1, 0.15) is 10.8 Å². The third kappa shape index (κ3) is 5.28. The summed E-state index contributed by atoms with van der Waals surface area (Å²) in [6, 6.07) is 21.3. The zero-order valence-corrected chi connectivity index (χ0v) is 18.1. The maximum atomic E-state index is 12.3. The molecule has 0 unspecified atom stereocenters. The lowest BCUT2D eigenvalue weighted by Gasteiger charge is -2.09. The van der Waals surface area contributed by atoms with Crippen molar-refractivity contribution >= 4 is 43.0 Å². The van der Waals surface area contributed by atoms with Crippen molar-refractivity contribution in [3.8, 4) is 16.3 Å². The molecular formula is C23H20N2O4S2. The van der Waals surface area contributed by atoms with E-state index in [-0.39, 0.29) is 23.7 Å². The van der Waals surface area contributed by atoms with Crippen molar-refractivity contribution in [3.63, 3.8) is 0 Å². The van der Waals surface area contributed by atoms with E-state index in [1.54, 1.807) is 36.4 Å². The number of rotatable bonds is 7. The maximum Gasteiger partial charge on any atom is 0.225 e. The molecule has 0 aliphatic heterocycles. The lowest BCUT2D eigenvalue weighted by atomic mass is 10.2. The average molecular weight is 453 g/mol. The monoisotopic (exact) mass is 452 g/mol. The molecule has 0 aliphatic rings. The van der Waals surface area contributed by atoms with Crippen LogP contribution in [0.3, 0.4) is 0 Å². The highest BCUT2D eigenvalue weighted by atomic mass is 32.2. The number of para-hydroxylation sites is 1. The van der Waals surface area contributed by atoms with Crippen molar-refractivity contribution < 1.29 is 18.3 Å². The van der Waals surface area contributed by atoms with Gasteiger partial charge in [-0.3, -0.25) is 4.79 Å². The summed E-state index contributed by atoms with van der Waals surface area (Å²) in [4.78, 5) is 16.9. The molecule has 1 aromatic heterocycles. The topological polar surface area (TPSA) is 96.4 Å². The number of nitrogens with one attached hydrogen (secondary N) is 1. The minimum absolute atomic E-state index is 0.0579. The standard InChI is InChI=1S/C23H20N2O4S2/c26-20-11-10-17(14-18(20)23-25-19-8-4-5-9-21(19)30-23)24-22(27)12-13-31(28,29)15-16-6-2-1-3-7-16/h1-11,14,26H,12-13,15H2,(H,24,27). The molecule has 158 valence electrons. The van der Waals surface area contributed by atoms with Gasteiger partial charge in [0.2, 0.25) is 5.91 Å². The first-order valence-corrected chi connectivity index (χ1v) is 12.3. The van der Waals surface area contributed by atoms with Gasteiger partial charge in [-0.1, -0.05) is 42.5 Å². The molecule has 0 aliphatic carbocycles. The van der Waals surface area contributed by atoms with Crippen LogP contribution in [-0.2, 0) is 20.4 Å². The minimum atomic E-state index is -3.40. The van der Waals surface area contributed by atoms with Crippen LogP contribution in [0.25, 0.3) is 20.8 Å². The Labute approximate surface area is 184 Å². The molecule has 4 rings (SSSR count). The molecule has 3 aromatic carbocycles. The third-order valence-electron chi connectivity index (χ3n) is 4.67. The lowest BCUT2D eigenvalue weighted by Crippen LogP contribution is -2.18. The normalized spacial score (nSPS) is 11.5. The van der Waals surface area contributed by atoms with Crippen LogP contribution in [-0.4, -0.2) is 30.2 Å². The summed E-state index contributed by atoms with van der Waals surface area (Å²) < 4.78 is 25.6. The number of aromatic nitrogens is 1. The van der Waals surface area contributed by atoms with Crippen LogP contribution in [0, 0.1) is 0 Å². The van der Waals surface area contributed by atoms with E-state index in [0.717, 1.165) is 10.2 Å². The van der Waals surface area contributed by atoms with Crippen LogP contribution >= 0.6 is 11.3 Å². The molecule has 1 amide bonds. The van der Waals surface area contributed by atoms with Crippen LogP contribution in [0.4, 0.5) is 5.69 Å². The minimum Gasteiger partial charge on any atom is -0.507 e. The van der Waals surface area contributed by atoms with E-state index >= 15 is 0 Å². The van der Waals surface area contributed by atoms with Crippen molar-refractivity contribution in [2.24, 2.45) is 0 Å². The summed E-state index contributed by atoms with van der Waals surface area (Å²) in [5.74, 6) is -0.682. The Kier molecular flexibility index (Phi) is 6.01. The number of anilines is 1. The number of thiazole rings is 1. The highest BCUT2D eigenvalue weighted by Gasteiger charge is 2.16. The van der Waals surface area contributed by atoms with Crippen LogP contribution in [0.1, 0.15) is 12.0 Å². The van der Waals surface area contributed by atoms with Gasteiger partial charge in [-0.25, -0.2) is 13.4 Å². The molecule has 0 fully saturated rings. The Morgan fingerprint density at radius 2 is 1.74 bits per heavy atom. The molecule has 2 N–H and O–H groups in total. The first-order chi connectivity index (χ1) is 14.9. The van der Waals surface area contributed by atoms with Crippen molar-refractivity contribution in [1.82, 2.24) is 4.98 Å². The Hall–Kier alpha value is -3.23. The van der Waals surface area contributed by atoms with E-state index < -0.39 is 15.7 Å². The SMILES string of the molecule is O=C(CCS(=O)(=O)Cc1ccccc1)Nc1ccc(O)c(-c2nc3ccccc3s2)c1. The fourth-order valence-corrected chi connectivity index (χ4v) is 5.48. The molecule has 0 spiro atoms. The van der Waals surface area contributed by atoms with E-state index in [4.69, 9.17) is 0 Å². The third-order valence-corrected chi connectivity index (χ3v) is 7.34. The molecule has 6 nitrogen and oxygen atoms in total. The number of hydrogen-bond acceptors (Lipinski definition) is 6. The highest BCUT2D eigenvalue weighted by molar-refractivity contribution is 7.90. The number of nitrogens with zero attached hydrogens (tertiary/aromatic N) is 1. The Morgan fingerprint density at radius 1 is 1.00 bits per heavy atom. The summed E-state index contributed by atoms with van der Waals surface area (Å²) in [7, 11) is -3.40. The fourth-order valence-electron chi connectivity index (χ4n) is 3.14. The zero-order valence-electron chi connectivity index (χ0n) is 16.5. The summed E-state index contributed by atoms with van der Waals surface area (Å²) in [6.07, 6.45) is -0.146. The van der Waals surface area contributed by atoms with Crippen LogP contribution < -0.4 is 5.32 Å². The second-order valence-electron chi connectivity index (χ2n) is 7.09. The number of sulfone groups is 1. The number of carbonyl (C=O) groups is 1. The van der Waals surface area contributed by atoms with Crippen molar-refractivity contribution in [2.45, 2.75) is 12.2 Å². The average Bonchev–Trinajstić information content (AvgIpc) is 3.18. The second kappa shape index (κ2) is 8.87. The van der Waals surface area contributed by atoms with Crippen molar-refractivity contribution in [2.75, 3.05) is 11.1 Å². The number of benzene rings is 3. The summed E-state index contributed by atoms with van der Waals surface area (Å²) >= 11 is 1.44. The van der Waals surface area contributed by atoms with E-state index in [9.17, 15) is 18.3 Å². The summed E-state index contributed by atoms with van der Waals surface area (Å²) in [6.45, 7) is 0. The number of amides is 1. The van der Waals surface area contributed by atoms with Gasteiger partial charge in [0.25, 0.3) is 0 Å². The molecule has 0 saturated heterocycles. The van der Waals surface area contributed by atoms with E-state index in [2.05, 4.69) is 10.3 Å². The van der Waals surface area contributed by atoms with E-state index in [1.165, 1.54) is 17.4 Å². The number of fused-ring (bicyclic) bond motifs is 1. The van der Waals surface area contributed by atoms with Gasteiger partial charge in [-0.05, 0) is 35.9 Å². The second-order valence-corrected chi connectivity index (χ2v) is 10.3. The maximum absolute atomic E-state index is 12.3. The largest absolute Gasteiger partial charge is 0.507 e. The van der Waals surface area contributed by atoms with Gasteiger partial charge >= 0.3 is 0 Å². The van der Waals surface area contributed by atoms with Gasteiger partial charge in [-0.15, -0.1) is 11.3 Å². The Bertz CT molecular complexity index is 1300. The summed E-state index contributed by atoms with van der Waals surface area (Å²) in [5.41, 5.74) is 2.51. The first-order valence-electron chi connectivity index (χ1n) is 9.63. The predicted molar refractivity (Wildman–Crippen MR) is 124 cm³/mol. The summed E-state index contributed by atoms with van der Waals surface area (Å²) in [5, 5.41) is 13.6. The van der Waals surface area contributed by atoms with Crippen LogP contribution in [0.2, 0.25) is 0 Å². The molecule has 8 heteroatoms. The van der Waals surface area contributed by atoms with Crippen molar-refractivity contribution in [1.29, 1.82) is 0 Å². The quantitative estimate of drug-likeness (QED) is 0.399. The van der Waals surface area contributed by atoms with Gasteiger partial charge in [0, 0.05) is 12.1 Å². The zero-order chi connectivity index (χ0) is 21.8. The van der Waals surface area contributed by atoms with Gasteiger partial charge in [0.15, 0.2) is 9.84 Å². The smallest absolute Gasteiger partial charge is 0.225 e. The molecule has 31 heavy (non-hydrogen) atoms. The predicted octanol–water partition coefficient (Wildman–Crippen LogP) is 4.61. The Balaban J connectivity index is 1.43. The molecule has 0 radical (unpaired) electrons. The number of phenols is 1.